The molecule has 0 bridgehead atoms. The summed E-state index contributed by atoms with van der Waals surface area (Å²) in [5, 5.41) is 3.65. The second-order valence-electron chi connectivity index (χ2n) is 2.93. The molecule has 0 aliphatic rings. The molecule has 0 aliphatic heterocycles. The molecule has 72 valence electrons. The van der Waals surface area contributed by atoms with E-state index in [4.69, 9.17) is 16.0 Å². The lowest BCUT2D eigenvalue weighted by Crippen LogP contribution is -1.97. The molecule has 0 unspecified atom stereocenters. The second-order valence-corrected chi connectivity index (χ2v) is 3.30. The van der Waals surface area contributed by atoms with Crippen LogP contribution in [0.3, 0.4) is 0 Å². The molecule has 0 atom stereocenters. The Kier molecular flexibility index (Phi) is 2.75. The molecule has 0 amide bonds. The third kappa shape index (κ3) is 2.30. The Hall–Kier alpha value is -1.41. The van der Waals surface area contributed by atoms with E-state index < -0.39 is 0 Å². The molecule has 2 rings (SSSR count). The molecule has 1 N–H and O–H groups in total. The van der Waals surface area contributed by atoms with Gasteiger partial charge in [0.05, 0.1) is 6.54 Å². The van der Waals surface area contributed by atoms with E-state index in [1.165, 1.54) is 0 Å². The van der Waals surface area contributed by atoms with Gasteiger partial charge in [0.15, 0.2) is 5.22 Å². The summed E-state index contributed by atoms with van der Waals surface area (Å²) in [5.74, 6) is 0.832. The standard InChI is InChI=1S/C11H10ClNO/c12-11-7-6-10(14-11)8-13-9-4-2-1-3-5-9/h1-7,13H,8H2. The van der Waals surface area contributed by atoms with Gasteiger partial charge in [0.1, 0.15) is 5.76 Å². The van der Waals surface area contributed by atoms with Gasteiger partial charge in [0.2, 0.25) is 0 Å². The molecule has 2 nitrogen and oxygen atoms in total. The van der Waals surface area contributed by atoms with Gasteiger partial charge in [-0.15, -0.1) is 0 Å². The lowest BCUT2D eigenvalue weighted by molar-refractivity contribution is 0.520. The minimum absolute atomic E-state index is 0.426. The monoisotopic (exact) mass is 207 g/mol. The van der Waals surface area contributed by atoms with E-state index in [1.807, 2.05) is 36.4 Å². The summed E-state index contributed by atoms with van der Waals surface area (Å²) >= 11 is 5.65. The summed E-state index contributed by atoms with van der Waals surface area (Å²) in [7, 11) is 0. The average Bonchev–Trinajstić information content (AvgIpc) is 2.63. The van der Waals surface area contributed by atoms with Crippen LogP contribution in [0.5, 0.6) is 0 Å². The lowest BCUT2D eigenvalue weighted by atomic mass is 10.3. The number of nitrogens with one attached hydrogen (secondary N) is 1. The van der Waals surface area contributed by atoms with E-state index in [9.17, 15) is 0 Å². The molecule has 1 heterocycles. The first-order valence-electron chi connectivity index (χ1n) is 4.38. The van der Waals surface area contributed by atoms with E-state index in [0.717, 1.165) is 11.4 Å². The first kappa shape index (κ1) is 9.16. The quantitative estimate of drug-likeness (QED) is 0.833. The zero-order chi connectivity index (χ0) is 9.80. The molecule has 3 heteroatoms. The van der Waals surface area contributed by atoms with Gasteiger partial charge in [-0.2, -0.15) is 0 Å². The smallest absolute Gasteiger partial charge is 0.193 e. The number of anilines is 1. The topological polar surface area (TPSA) is 25.2 Å². The van der Waals surface area contributed by atoms with E-state index >= 15 is 0 Å². The zero-order valence-electron chi connectivity index (χ0n) is 7.53. The van der Waals surface area contributed by atoms with Gasteiger partial charge in [-0.05, 0) is 35.9 Å². The van der Waals surface area contributed by atoms with Gasteiger partial charge in [-0.3, -0.25) is 0 Å². The highest BCUT2D eigenvalue weighted by atomic mass is 35.5. The molecule has 0 spiro atoms. The summed E-state index contributed by atoms with van der Waals surface area (Å²) in [6, 6.07) is 13.6. The number of furan rings is 1. The summed E-state index contributed by atoms with van der Waals surface area (Å²) in [4.78, 5) is 0. The fourth-order valence-corrected chi connectivity index (χ4v) is 1.35. The first-order chi connectivity index (χ1) is 6.84. The van der Waals surface area contributed by atoms with E-state index in [2.05, 4.69) is 5.32 Å². The van der Waals surface area contributed by atoms with Crippen molar-refractivity contribution in [3.05, 3.63) is 53.4 Å². The van der Waals surface area contributed by atoms with Crippen molar-refractivity contribution >= 4 is 17.3 Å². The Morgan fingerprint density at radius 1 is 1.07 bits per heavy atom. The van der Waals surface area contributed by atoms with Crippen molar-refractivity contribution < 1.29 is 4.42 Å². The van der Waals surface area contributed by atoms with Crippen molar-refractivity contribution in [3.63, 3.8) is 0 Å². The largest absolute Gasteiger partial charge is 0.448 e. The van der Waals surface area contributed by atoms with Gasteiger partial charge in [0.25, 0.3) is 0 Å². The number of hydrogen-bond acceptors (Lipinski definition) is 2. The normalized spacial score (nSPS) is 10.1. The Labute approximate surface area is 87.5 Å². The minimum atomic E-state index is 0.426. The summed E-state index contributed by atoms with van der Waals surface area (Å²) in [6.45, 7) is 0.650. The van der Waals surface area contributed by atoms with Crippen LogP contribution >= 0.6 is 11.6 Å². The van der Waals surface area contributed by atoms with Crippen LogP contribution in [0.15, 0.2) is 46.9 Å². The molecule has 0 aliphatic carbocycles. The molecule has 0 radical (unpaired) electrons. The second kappa shape index (κ2) is 4.20. The van der Waals surface area contributed by atoms with Crippen molar-refractivity contribution in [3.8, 4) is 0 Å². The summed E-state index contributed by atoms with van der Waals surface area (Å²) < 4.78 is 5.21. The van der Waals surface area contributed by atoms with Crippen LogP contribution < -0.4 is 5.32 Å². The average molecular weight is 208 g/mol. The molecule has 0 saturated carbocycles. The Bertz CT molecular complexity index is 397. The van der Waals surface area contributed by atoms with Crippen molar-refractivity contribution in [2.24, 2.45) is 0 Å². The molecule has 2 aromatic rings. The van der Waals surface area contributed by atoms with E-state index in [0.29, 0.717) is 11.8 Å². The van der Waals surface area contributed by atoms with Crippen LogP contribution in [-0.4, -0.2) is 0 Å². The Morgan fingerprint density at radius 3 is 2.50 bits per heavy atom. The highest BCUT2D eigenvalue weighted by Gasteiger charge is 1.98. The fraction of sp³-hybridized carbons (Fsp3) is 0.0909. The first-order valence-corrected chi connectivity index (χ1v) is 4.75. The Morgan fingerprint density at radius 2 is 1.86 bits per heavy atom. The van der Waals surface area contributed by atoms with Crippen LogP contribution in [0.4, 0.5) is 5.69 Å². The lowest BCUT2D eigenvalue weighted by Gasteiger charge is -2.02. The number of benzene rings is 1. The molecule has 0 fully saturated rings. The predicted octanol–water partition coefficient (Wildman–Crippen LogP) is 3.55. The Balaban J connectivity index is 1.95. The molecule has 14 heavy (non-hydrogen) atoms. The van der Waals surface area contributed by atoms with Crippen LogP contribution in [-0.2, 0) is 6.54 Å². The summed E-state index contributed by atoms with van der Waals surface area (Å²) in [5.41, 5.74) is 1.07. The van der Waals surface area contributed by atoms with E-state index in [1.54, 1.807) is 6.07 Å². The number of hydrogen-bond donors (Lipinski definition) is 1. The maximum absolute atomic E-state index is 5.65. The van der Waals surface area contributed by atoms with Gasteiger partial charge < -0.3 is 9.73 Å². The van der Waals surface area contributed by atoms with Crippen molar-refractivity contribution in [1.29, 1.82) is 0 Å². The molecular weight excluding hydrogens is 198 g/mol. The number of halogens is 1. The van der Waals surface area contributed by atoms with Gasteiger partial charge >= 0.3 is 0 Å². The van der Waals surface area contributed by atoms with Crippen LogP contribution in [0.1, 0.15) is 5.76 Å². The molecule has 1 aromatic carbocycles. The van der Waals surface area contributed by atoms with Gasteiger partial charge in [0, 0.05) is 5.69 Å². The van der Waals surface area contributed by atoms with Crippen LogP contribution in [0.25, 0.3) is 0 Å². The van der Waals surface area contributed by atoms with E-state index in [-0.39, 0.29) is 0 Å². The van der Waals surface area contributed by atoms with Crippen molar-refractivity contribution in [2.45, 2.75) is 6.54 Å². The van der Waals surface area contributed by atoms with Crippen molar-refractivity contribution in [2.75, 3.05) is 5.32 Å². The third-order valence-electron chi connectivity index (χ3n) is 1.87. The summed E-state index contributed by atoms with van der Waals surface area (Å²) in [6.07, 6.45) is 0. The fourth-order valence-electron chi connectivity index (χ4n) is 1.19. The minimum Gasteiger partial charge on any atom is -0.448 e. The maximum Gasteiger partial charge on any atom is 0.193 e. The molecule has 1 aromatic heterocycles. The molecular formula is C11H10ClNO. The van der Waals surface area contributed by atoms with Crippen molar-refractivity contribution in [1.82, 2.24) is 0 Å². The highest BCUT2D eigenvalue weighted by molar-refractivity contribution is 6.28. The van der Waals surface area contributed by atoms with Gasteiger partial charge in [-0.25, -0.2) is 0 Å². The molecule has 0 saturated heterocycles. The number of rotatable bonds is 3. The third-order valence-corrected chi connectivity index (χ3v) is 2.07. The van der Waals surface area contributed by atoms with Crippen LogP contribution in [0.2, 0.25) is 5.22 Å². The van der Waals surface area contributed by atoms with Gasteiger partial charge in [-0.1, -0.05) is 18.2 Å². The predicted molar refractivity (Wildman–Crippen MR) is 57.5 cm³/mol. The maximum atomic E-state index is 5.65. The SMILES string of the molecule is Clc1ccc(CNc2ccccc2)o1. The zero-order valence-corrected chi connectivity index (χ0v) is 8.29. The highest BCUT2D eigenvalue weighted by Crippen LogP contribution is 2.14. The number of para-hydroxylation sites is 1. The van der Waals surface area contributed by atoms with Crippen LogP contribution in [0, 0.1) is 0 Å².